The molecule has 0 aliphatic rings. The Bertz CT molecular complexity index is 1590. The maximum Gasteiger partial charge on any atom is 0.312 e. The van der Waals surface area contributed by atoms with Gasteiger partial charge in [-0.25, -0.2) is 9.37 Å². The van der Waals surface area contributed by atoms with Crippen molar-refractivity contribution in [1.82, 2.24) is 9.66 Å². The highest BCUT2D eigenvalue weighted by Crippen LogP contribution is 2.35. The summed E-state index contributed by atoms with van der Waals surface area (Å²) in [4.78, 5) is 29.3. The van der Waals surface area contributed by atoms with Crippen molar-refractivity contribution in [2.45, 2.75) is 32.8 Å². The van der Waals surface area contributed by atoms with Crippen molar-refractivity contribution in [3.8, 4) is 5.75 Å². The van der Waals surface area contributed by atoms with E-state index in [4.69, 9.17) is 4.74 Å². The van der Waals surface area contributed by atoms with Crippen molar-refractivity contribution in [2.75, 3.05) is 0 Å². The minimum Gasteiger partial charge on any atom is -0.481 e. The van der Waals surface area contributed by atoms with Gasteiger partial charge in [0.25, 0.3) is 5.56 Å². The lowest BCUT2D eigenvalue weighted by molar-refractivity contribution is -0.386. The van der Waals surface area contributed by atoms with Gasteiger partial charge in [0.05, 0.1) is 22.0 Å². The summed E-state index contributed by atoms with van der Waals surface area (Å²) in [6.07, 6.45) is 2.02. The predicted octanol–water partition coefficient (Wildman–Crippen LogP) is 6.94. The molecule has 0 aliphatic carbocycles. The summed E-state index contributed by atoms with van der Waals surface area (Å²) in [5, 5.41) is 16.6. The fourth-order valence-electron chi connectivity index (χ4n) is 3.65. The van der Waals surface area contributed by atoms with Crippen LogP contribution in [-0.4, -0.2) is 20.8 Å². The molecule has 1 aromatic heterocycles. The lowest BCUT2D eigenvalue weighted by atomic mass is 10.1. The van der Waals surface area contributed by atoms with Crippen molar-refractivity contribution >= 4 is 54.7 Å². The Kier molecular flexibility index (Phi) is 8.13. The lowest BCUT2D eigenvalue weighted by Gasteiger charge is -2.14. The second-order valence-electron chi connectivity index (χ2n) is 8.28. The number of halogens is 3. The van der Waals surface area contributed by atoms with E-state index in [0.29, 0.717) is 27.6 Å². The fourth-order valence-corrected chi connectivity index (χ4v) is 4.48. The van der Waals surface area contributed by atoms with Gasteiger partial charge in [-0.2, -0.15) is 9.78 Å². The molecular weight excluding hydrogens is 611 g/mol. The van der Waals surface area contributed by atoms with Gasteiger partial charge in [-0.05, 0) is 36.8 Å². The average molecular weight is 632 g/mol. The van der Waals surface area contributed by atoms with Crippen molar-refractivity contribution in [1.29, 1.82) is 0 Å². The maximum atomic E-state index is 14.1. The molecule has 0 unspecified atom stereocenters. The number of ether oxygens (including phenoxy) is 1. The number of hydrogen-bond acceptors (Lipinski definition) is 6. The fraction of sp³-hybridized carbons (Fsp3) is 0.192. The molecular formula is C26H21Br2FN4O4. The number of fused-ring (bicyclic) bond motifs is 1. The van der Waals surface area contributed by atoms with E-state index in [1.165, 1.54) is 29.1 Å². The van der Waals surface area contributed by atoms with Gasteiger partial charge in [0.15, 0.2) is 0 Å². The highest BCUT2D eigenvalue weighted by molar-refractivity contribution is 9.10. The van der Waals surface area contributed by atoms with Crippen LogP contribution in [0.15, 0.2) is 73.4 Å². The molecule has 0 amide bonds. The number of rotatable bonds is 8. The number of nitrogens with zero attached hydrogens (tertiary/aromatic N) is 4. The van der Waals surface area contributed by atoms with Gasteiger partial charge in [-0.3, -0.25) is 14.9 Å². The molecule has 0 aliphatic heterocycles. The Hall–Kier alpha value is -3.44. The molecule has 0 N–H and O–H groups in total. The van der Waals surface area contributed by atoms with Gasteiger partial charge in [-0.1, -0.05) is 63.9 Å². The molecule has 1 heterocycles. The van der Waals surface area contributed by atoms with Gasteiger partial charge in [-0.15, -0.1) is 0 Å². The van der Waals surface area contributed by atoms with E-state index in [2.05, 4.69) is 41.9 Å². The largest absolute Gasteiger partial charge is 0.481 e. The van der Waals surface area contributed by atoms with Crippen LogP contribution in [0.5, 0.6) is 5.75 Å². The smallest absolute Gasteiger partial charge is 0.312 e. The van der Waals surface area contributed by atoms with Crippen molar-refractivity contribution in [3.63, 3.8) is 0 Å². The molecule has 0 spiro atoms. The highest BCUT2D eigenvalue weighted by Gasteiger charge is 2.22. The van der Waals surface area contributed by atoms with E-state index < -0.39 is 10.7 Å². The molecule has 37 heavy (non-hydrogen) atoms. The standard InChI is InChI=1S/C26H21Br2FN4O4/c1-3-15(2)25-31-22-9-8-18(27)11-20(22)26(34)32(25)30-13-17-10-19(28)12-23(33(35)36)24(17)37-14-16-6-4-5-7-21(16)29/h4-13,15H,3,14H2,1-2H3/t15-/m0/s1. The summed E-state index contributed by atoms with van der Waals surface area (Å²) in [7, 11) is 0. The Morgan fingerprint density at radius 3 is 2.65 bits per heavy atom. The summed E-state index contributed by atoms with van der Waals surface area (Å²) in [6, 6.07) is 14.1. The summed E-state index contributed by atoms with van der Waals surface area (Å²) >= 11 is 6.67. The van der Waals surface area contributed by atoms with Crippen LogP contribution < -0.4 is 10.3 Å². The number of benzene rings is 3. The van der Waals surface area contributed by atoms with Crippen LogP contribution in [-0.2, 0) is 6.61 Å². The predicted molar refractivity (Wildman–Crippen MR) is 147 cm³/mol. The van der Waals surface area contributed by atoms with Crippen LogP contribution in [0.1, 0.15) is 43.1 Å². The second-order valence-corrected chi connectivity index (χ2v) is 10.1. The molecule has 11 heteroatoms. The molecule has 3 aromatic carbocycles. The molecule has 4 rings (SSSR count). The summed E-state index contributed by atoms with van der Waals surface area (Å²) in [5.41, 5.74) is 0.302. The minimum atomic E-state index is -0.593. The Balaban J connectivity index is 1.85. The third-order valence-corrected chi connectivity index (χ3v) is 6.74. The molecule has 4 aromatic rings. The SMILES string of the molecule is CC[C@H](C)c1nc2ccc(Br)cc2c(=O)n1N=Cc1cc(Br)cc([N+](=O)[O-])c1OCc1ccccc1F. The quantitative estimate of drug-likeness (QED) is 0.119. The van der Waals surface area contributed by atoms with Gasteiger partial charge in [0, 0.05) is 32.1 Å². The van der Waals surface area contributed by atoms with E-state index in [9.17, 15) is 19.3 Å². The normalized spacial score (nSPS) is 12.2. The molecule has 0 fully saturated rings. The average Bonchev–Trinajstić information content (AvgIpc) is 2.87. The maximum absolute atomic E-state index is 14.1. The topological polar surface area (TPSA) is 99.6 Å². The van der Waals surface area contributed by atoms with Crippen LogP contribution in [0.2, 0.25) is 0 Å². The van der Waals surface area contributed by atoms with Crippen LogP contribution in [0.25, 0.3) is 10.9 Å². The first-order chi connectivity index (χ1) is 17.7. The first-order valence-corrected chi connectivity index (χ1v) is 12.9. The van der Waals surface area contributed by atoms with Crippen LogP contribution in [0.3, 0.4) is 0 Å². The van der Waals surface area contributed by atoms with E-state index in [-0.39, 0.29) is 40.6 Å². The summed E-state index contributed by atoms with van der Waals surface area (Å²) < 4.78 is 22.2. The van der Waals surface area contributed by atoms with Crippen molar-refractivity contribution < 1.29 is 14.1 Å². The zero-order valence-electron chi connectivity index (χ0n) is 19.8. The Morgan fingerprint density at radius 1 is 1.19 bits per heavy atom. The van der Waals surface area contributed by atoms with Gasteiger partial charge in [0.2, 0.25) is 5.75 Å². The van der Waals surface area contributed by atoms with Crippen molar-refractivity contribution in [2.24, 2.45) is 5.10 Å². The van der Waals surface area contributed by atoms with E-state index in [1.54, 1.807) is 30.3 Å². The zero-order valence-corrected chi connectivity index (χ0v) is 23.0. The number of nitro benzene ring substituents is 1. The van der Waals surface area contributed by atoms with E-state index >= 15 is 0 Å². The Morgan fingerprint density at radius 2 is 1.95 bits per heavy atom. The highest BCUT2D eigenvalue weighted by atomic mass is 79.9. The Labute approximate surface area is 228 Å². The number of aromatic nitrogens is 2. The van der Waals surface area contributed by atoms with Crippen molar-refractivity contribution in [3.05, 3.63) is 107 Å². The second kappa shape index (κ2) is 11.3. The molecule has 8 nitrogen and oxygen atoms in total. The van der Waals surface area contributed by atoms with Gasteiger partial charge >= 0.3 is 5.69 Å². The number of nitro groups is 1. The molecule has 0 radical (unpaired) electrons. The van der Waals surface area contributed by atoms with Gasteiger partial charge < -0.3 is 4.74 Å². The molecule has 0 saturated carbocycles. The molecule has 0 saturated heterocycles. The van der Waals surface area contributed by atoms with Gasteiger partial charge in [0.1, 0.15) is 18.2 Å². The zero-order chi connectivity index (χ0) is 26.7. The first kappa shape index (κ1) is 26.6. The summed E-state index contributed by atoms with van der Waals surface area (Å²) in [5.74, 6) is -0.228. The van der Waals surface area contributed by atoms with Crippen LogP contribution >= 0.6 is 31.9 Å². The van der Waals surface area contributed by atoms with Crippen LogP contribution in [0.4, 0.5) is 10.1 Å². The molecule has 190 valence electrons. The van der Waals surface area contributed by atoms with E-state index in [0.717, 1.165) is 4.47 Å². The van der Waals surface area contributed by atoms with E-state index in [1.807, 2.05) is 19.9 Å². The molecule has 1 atom stereocenters. The monoisotopic (exact) mass is 630 g/mol. The molecule has 0 bridgehead atoms. The third-order valence-electron chi connectivity index (χ3n) is 5.79. The van der Waals surface area contributed by atoms with Crippen LogP contribution in [0, 0.1) is 15.9 Å². The lowest BCUT2D eigenvalue weighted by Crippen LogP contribution is -2.23. The number of hydrogen-bond donors (Lipinski definition) is 0. The summed E-state index contributed by atoms with van der Waals surface area (Å²) in [6.45, 7) is 3.67. The third kappa shape index (κ3) is 5.78. The first-order valence-electron chi connectivity index (χ1n) is 11.3. The minimum absolute atomic E-state index is 0.0912.